The molecule has 0 N–H and O–H groups in total. The molecule has 0 aliphatic carbocycles. The third kappa shape index (κ3) is 19.9. The normalized spacial score (nSPS) is 16.8. The predicted octanol–water partition coefficient (Wildman–Crippen LogP) is 10.4. The lowest BCUT2D eigenvalue weighted by Crippen LogP contribution is -2.02. The van der Waals surface area contributed by atoms with Crippen LogP contribution in [0.1, 0.15) is 168 Å². The molecule has 0 radical (unpaired) electrons. The van der Waals surface area contributed by atoms with Crippen molar-refractivity contribution in [1.29, 1.82) is 0 Å². The molecule has 0 aromatic rings. The molecule has 2 unspecified atom stereocenters. The van der Waals surface area contributed by atoms with E-state index in [1.54, 1.807) is 0 Å². The minimum Gasteiger partial charge on any atom is -0.373 e. The Kier molecular flexibility index (Phi) is 20.7. The molecule has 0 amide bonds. The predicted molar refractivity (Wildman–Crippen MR) is 135 cm³/mol. The first kappa shape index (κ1) is 28.0. The van der Waals surface area contributed by atoms with Gasteiger partial charge in [0.25, 0.3) is 0 Å². The summed E-state index contributed by atoms with van der Waals surface area (Å²) >= 11 is 0. The van der Waals surface area contributed by atoms with Crippen molar-refractivity contribution in [2.75, 3.05) is 6.61 Å². The number of unbranched alkanes of at least 4 members (excludes halogenated alkanes) is 17. The van der Waals surface area contributed by atoms with Crippen LogP contribution in [0.2, 0.25) is 0 Å². The summed E-state index contributed by atoms with van der Waals surface area (Å²) in [5, 5.41) is 0. The third-order valence-corrected chi connectivity index (χ3v) is 7.22. The van der Waals surface area contributed by atoms with E-state index in [1.165, 1.54) is 154 Å². The van der Waals surface area contributed by atoms with Gasteiger partial charge in [-0.25, -0.2) is 0 Å². The van der Waals surface area contributed by atoms with Gasteiger partial charge < -0.3 is 4.74 Å². The molecule has 180 valence electrons. The van der Waals surface area contributed by atoms with Gasteiger partial charge in [-0.2, -0.15) is 0 Å². The SMILES string of the molecule is CCCCCCCCCCCCCC(CCCCCCCCC)CCCCC1CO1. The van der Waals surface area contributed by atoms with Gasteiger partial charge in [0.15, 0.2) is 0 Å². The Morgan fingerprint density at radius 1 is 0.500 bits per heavy atom. The number of hydrogen-bond acceptors (Lipinski definition) is 1. The number of epoxide rings is 1. The van der Waals surface area contributed by atoms with E-state index in [1.807, 2.05) is 0 Å². The minimum absolute atomic E-state index is 0.637. The molecule has 0 aromatic carbocycles. The van der Waals surface area contributed by atoms with E-state index < -0.39 is 0 Å². The summed E-state index contributed by atoms with van der Waals surface area (Å²) in [6.07, 6.45) is 35.6. The minimum atomic E-state index is 0.637. The molecule has 1 aliphatic rings. The summed E-state index contributed by atoms with van der Waals surface area (Å²) in [5.41, 5.74) is 0. The van der Waals surface area contributed by atoms with Crippen LogP contribution in [0.15, 0.2) is 0 Å². The average Bonchev–Trinajstić information content (AvgIpc) is 3.58. The second kappa shape index (κ2) is 22.2. The lowest BCUT2D eigenvalue weighted by atomic mass is 9.89. The fourth-order valence-electron chi connectivity index (χ4n) is 4.96. The van der Waals surface area contributed by atoms with Gasteiger partial charge in [0.1, 0.15) is 0 Å². The van der Waals surface area contributed by atoms with Crippen LogP contribution in [-0.4, -0.2) is 12.7 Å². The molecule has 0 spiro atoms. The van der Waals surface area contributed by atoms with E-state index >= 15 is 0 Å². The zero-order valence-corrected chi connectivity index (χ0v) is 21.2. The van der Waals surface area contributed by atoms with Crippen molar-refractivity contribution in [3.8, 4) is 0 Å². The molecule has 0 bridgehead atoms. The van der Waals surface area contributed by atoms with Crippen molar-refractivity contribution in [1.82, 2.24) is 0 Å². The Morgan fingerprint density at radius 3 is 1.20 bits per heavy atom. The number of rotatable bonds is 25. The smallest absolute Gasteiger partial charge is 0.0810 e. The molecule has 1 fully saturated rings. The third-order valence-electron chi connectivity index (χ3n) is 7.22. The van der Waals surface area contributed by atoms with Crippen molar-refractivity contribution in [3.63, 3.8) is 0 Å². The Bertz CT molecular complexity index is 322. The van der Waals surface area contributed by atoms with E-state index in [0.29, 0.717) is 6.10 Å². The summed E-state index contributed by atoms with van der Waals surface area (Å²) in [6.45, 7) is 5.66. The monoisotopic (exact) mass is 422 g/mol. The van der Waals surface area contributed by atoms with Gasteiger partial charge in [0.2, 0.25) is 0 Å². The Labute approximate surface area is 191 Å². The highest BCUT2D eigenvalue weighted by Gasteiger charge is 2.21. The first-order valence-corrected chi connectivity index (χ1v) is 14.5. The highest BCUT2D eigenvalue weighted by atomic mass is 16.6. The lowest BCUT2D eigenvalue weighted by molar-refractivity contribution is 0.353. The Morgan fingerprint density at radius 2 is 0.833 bits per heavy atom. The maximum Gasteiger partial charge on any atom is 0.0810 e. The maximum absolute atomic E-state index is 5.38. The largest absolute Gasteiger partial charge is 0.373 e. The maximum atomic E-state index is 5.38. The van der Waals surface area contributed by atoms with Crippen molar-refractivity contribution in [3.05, 3.63) is 0 Å². The molecule has 2 atom stereocenters. The number of hydrogen-bond donors (Lipinski definition) is 0. The summed E-state index contributed by atoms with van der Waals surface area (Å²) in [6, 6.07) is 0. The molecule has 30 heavy (non-hydrogen) atoms. The van der Waals surface area contributed by atoms with Gasteiger partial charge in [-0.15, -0.1) is 0 Å². The topological polar surface area (TPSA) is 12.5 Å². The molecule has 1 heteroatoms. The average molecular weight is 423 g/mol. The highest BCUT2D eigenvalue weighted by Crippen LogP contribution is 2.26. The van der Waals surface area contributed by atoms with Crippen molar-refractivity contribution in [2.45, 2.75) is 174 Å². The second-order valence-electron chi connectivity index (χ2n) is 10.3. The molecule has 0 aromatic heterocycles. The van der Waals surface area contributed by atoms with E-state index in [2.05, 4.69) is 13.8 Å². The highest BCUT2D eigenvalue weighted by molar-refractivity contribution is 4.69. The van der Waals surface area contributed by atoms with Crippen LogP contribution in [0.3, 0.4) is 0 Å². The zero-order chi connectivity index (χ0) is 21.5. The molecular formula is C29H58O. The van der Waals surface area contributed by atoms with Crippen molar-refractivity contribution in [2.24, 2.45) is 5.92 Å². The fraction of sp³-hybridized carbons (Fsp3) is 1.00. The van der Waals surface area contributed by atoms with Crippen molar-refractivity contribution < 1.29 is 4.74 Å². The second-order valence-corrected chi connectivity index (χ2v) is 10.3. The summed E-state index contributed by atoms with van der Waals surface area (Å²) < 4.78 is 5.38. The van der Waals surface area contributed by atoms with Crippen LogP contribution in [0.25, 0.3) is 0 Å². The summed E-state index contributed by atoms with van der Waals surface area (Å²) in [7, 11) is 0. The molecule has 1 nitrogen and oxygen atoms in total. The molecule has 0 saturated carbocycles. The Hall–Kier alpha value is -0.0400. The van der Waals surface area contributed by atoms with E-state index in [4.69, 9.17) is 4.74 Å². The molecular weight excluding hydrogens is 364 g/mol. The van der Waals surface area contributed by atoms with Gasteiger partial charge in [0, 0.05) is 0 Å². The van der Waals surface area contributed by atoms with Gasteiger partial charge in [-0.05, 0) is 12.3 Å². The zero-order valence-electron chi connectivity index (χ0n) is 21.2. The molecule has 1 saturated heterocycles. The van der Waals surface area contributed by atoms with Gasteiger partial charge in [-0.3, -0.25) is 0 Å². The van der Waals surface area contributed by atoms with Crippen LogP contribution in [0.5, 0.6) is 0 Å². The Balaban J connectivity index is 1.99. The first-order chi connectivity index (χ1) is 14.9. The van der Waals surface area contributed by atoms with Gasteiger partial charge in [-0.1, -0.05) is 162 Å². The number of ether oxygens (including phenoxy) is 1. The van der Waals surface area contributed by atoms with Crippen LogP contribution in [0, 0.1) is 5.92 Å². The van der Waals surface area contributed by atoms with Crippen LogP contribution in [-0.2, 0) is 4.74 Å². The van der Waals surface area contributed by atoms with E-state index in [-0.39, 0.29) is 0 Å². The van der Waals surface area contributed by atoms with E-state index in [0.717, 1.165) is 12.5 Å². The van der Waals surface area contributed by atoms with Gasteiger partial charge >= 0.3 is 0 Å². The standard InChI is InChI=1S/C29H58O/c1-3-5-7-9-11-12-13-14-16-18-20-24-28(25-21-22-26-29-27-30-29)23-19-17-15-10-8-6-4-2/h28-29H,3-27H2,1-2H3. The lowest BCUT2D eigenvalue weighted by Gasteiger charge is -2.17. The van der Waals surface area contributed by atoms with Crippen LogP contribution >= 0.6 is 0 Å². The summed E-state index contributed by atoms with van der Waals surface area (Å²) in [4.78, 5) is 0. The fourth-order valence-corrected chi connectivity index (χ4v) is 4.96. The van der Waals surface area contributed by atoms with Gasteiger partial charge in [0.05, 0.1) is 12.7 Å². The first-order valence-electron chi connectivity index (χ1n) is 14.5. The summed E-state index contributed by atoms with van der Waals surface area (Å²) in [5.74, 6) is 1.01. The van der Waals surface area contributed by atoms with Crippen LogP contribution < -0.4 is 0 Å². The quantitative estimate of drug-likeness (QED) is 0.105. The van der Waals surface area contributed by atoms with Crippen molar-refractivity contribution >= 4 is 0 Å². The molecule has 1 heterocycles. The van der Waals surface area contributed by atoms with E-state index in [9.17, 15) is 0 Å². The molecule has 1 aliphatic heterocycles. The van der Waals surface area contributed by atoms with Crippen LogP contribution in [0.4, 0.5) is 0 Å². The molecule has 1 rings (SSSR count).